The average molecular weight is 465 g/mol. The molecule has 8 nitrogen and oxygen atoms in total. The highest BCUT2D eigenvalue weighted by molar-refractivity contribution is 5.92. The number of aliphatic hydroxyl groups is 2. The third kappa shape index (κ3) is 5.90. The molecular weight excluding hydrogens is 432 g/mol. The summed E-state index contributed by atoms with van der Waals surface area (Å²) < 4.78 is 5.34. The predicted molar refractivity (Wildman–Crippen MR) is 132 cm³/mol. The van der Waals surface area contributed by atoms with Crippen molar-refractivity contribution in [3.05, 3.63) is 66.4 Å². The fraction of sp³-hybridized carbons (Fsp3) is 0.385. The van der Waals surface area contributed by atoms with Crippen molar-refractivity contribution in [1.82, 2.24) is 15.2 Å². The molecule has 3 atom stereocenters. The lowest BCUT2D eigenvalue weighted by Gasteiger charge is -2.39. The number of anilines is 1. The molecule has 4 N–H and O–H groups in total. The van der Waals surface area contributed by atoms with Gasteiger partial charge in [-0.3, -0.25) is 14.7 Å². The molecule has 1 amide bonds. The Bertz CT molecular complexity index is 1090. The summed E-state index contributed by atoms with van der Waals surface area (Å²) in [6.07, 6.45) is 1.79. The number of rotatable bonds is 9. The molecule has 180 valence electrons. The monoisotopic (exact) mass is 464 g/mol. The van der Waals surface area contributed by atoms with Crippen molar-refractivity contribution in [1.29, 1.82) is 0 Å². The molecule has 34 heavy (non-hydrogen) atoms. The first-order valence-corrected chi connectivity index (χ1v) is 11.6. The van der Waals surface area contributed by atoms with Crippen molar-refractivity contribution in [3.8, 4) is 5.75 Å². The molecule has 3 aromatic rings. The minimum Gasteiger partial charge on any atom is -0.497 e. The maximum atomic E-state index is 12.3. The lowest BCUT2D eigenvalue weighted by atomic mass is 9.92. The Balaban J connectivity index is 1.33. The van der Waals surface area contributed by atoms with Gasteiger partial charge in [-0.05, 0) is 54.9 Å². The third-order valence-corrected chi connectivity index (χ3v) is 6.41. The molecule has 1 aromatic heterocycles. The number of nitrogens with one attached hydrogen (secondary N) is 2. The topological polar surface area (TPSA) is 107 Å². The second-order valence-electron chi connectivity index (χ2n) is 8.69. The van der Waals surface area contributed by atoms with E-state index >= 15 is 0 Å². The first-order valence-electron chi connectivity index (χ1n) is 11.6. The van der Waals surface area contributed by atoms with Crippen LogP contribution in [-0.4, -0.2) is 71.9 Å². The molecule has 0 aliphatic carbocycles. The van der Waals surface area contributed by atoms with Crippen LogP contribution in [0.5, 0.6) is 5.75 Å². The first-order chi connectivity index (χ1) is 16.6. The summed E-state index contributed by atoms with van der Waals surface area (Å²) in [5.74, 6) is 0.581. The van der Waals surface area contributed by atoms with Crippen molar-refractivity contribution >= 4 is 22.5 Å². The Kier molecular flexibility index (Phi) is 8.08. The number of para-hydroxylation sites is 1. The summed E-state index contributed by atoms with van der Waals surface area (Å²) >= 11 is 0. The van der Waals surface area contributed by atoms with Crippen LogP contribution in [0.2, 0.25) is 0 Å². The number of pyridine rings is 1. The molecule has 2 unspecified atom stereocenters. The second kappa shape index (κ2) is 11.4. The van der Waals surface area contributed by atoms with Crippen molar-refractivity contribution in [2.24, 2.45) is 5.92 Å². The minimum atomic E-state index is -0.696. The number of ether oxygens (including phenoxy) is 1. The molecule has 1 fully saturated rings. The van der Waals surface area contributed by atoms with Crippen LogP contribution in [0.1, 0.15) is 18.1 Å². The molecule has 0 radical (unpaired) electrons. The van der Waals surface area contributed by atoms with E-state index in [1.807, 2.05) is 54.6 Å². The van der Waals surface area contributed by atoms with Crippen molar-refractivity contribution < 1.29 is 19.7 Å². The lowest BCUT2D eigenvalue weighted by molar-refractivity contribution is -0.115. The van der Waals surface area contributed by atoms with Gasteiger partial charge in [0.25, 0.3) is 0 Å². The summed E-state index contributed by atoms with van der Waals surface area (Å²) in [4.78, 5) is 18.8. The number of hydrogen-bond donors (Lipinski definition) is 4. The van der Waals surface area contributed by atoms with Gasteiger partial charge >= 0.3 is 0 Å². The molecule has 1 aliphatic rings. The molecule has 4 rings (SSSR count). The van der Waals surface area contributed by atoms with Crippen LogP contribution < -0.4 is 15.4 Å². The van der Waals surface area contributed by atoms with Gasteiger partial charge in [0.2, 0.25) is 5.91 Å². The van der Waals surface area contributed by atoms with Crippen LogP contribution in [0.25, 0.3) is 10.9 Å². The number of hydrogen-bond acceptors (Lipinski definition) is 7. The van der Waals surface area contributed by atoms with Gasteiger partial charge in [0.15, 0.2) is 0 Å². The quantitative estimate of drug-likeness (QED) is 0.385. The fourth-order valence-corrected chi connectivity index (χ4v) is 4.58. The van der Waals surface area contributed by atoms with E-state index in [2.05, 4.69) is 20.5 Å². The second-order valence-corrected chi connectivity index (χ2v) is 8.69. The molecule has 2 heterocycles. The van der Waals surface area contributed by atoms with E-state index in [0.29, 0.717) is 13.1 Å². The normalized spacial score (nSPS) is 19.6. The molecule has 0 bridgehead atoms. The zero-order chi connectivity index (χ0) is 23.9. The van der Waals surface area contributed by atoms with Crippen LogP contribution in [0.3, 0.4) is 0 Å². The largest absolute Gasteiger partial charge is 0.497 e. The highest BCUT2D eigenvalue weighted by atomic mass is 16.5. The van der Waals surface area contributed by atoms with E-state index in [-0.39, 0.29) is 31.0 Å². The van der Waals surface area contributed by atoms with E-state index < -0.39 is 6.10 Å². The summed E-state index contributed by atoms with van der Waals surface area (Å²) in [5, 5.41) is 28.1. The number of β-amino-alcohol motifs (C(OH)–C–C–N with tert-alkyl or cyclic N) is 1. The number of likely N-dealkylation sites (tertiary alicyclic amines) is 1. The maximum absolute atomic E-state index is 12.3. The number of aromatic nitrogens is 1. The summed E-state index contributed by atoms with van der Waals surface area (Å²) in [6.45, 7) is 2.05. The third-order valence-electron chi connectivity index (χ3n) is 6.41. The number of carbonyl (C=O) groups excluding carboxylic acids is 1. The van der Waals surface area contributed by atoms with Gasteiger partial charge in [0, 0.05) is 48.9 Å². The number of nitrogens with zero attached hydrogens (tertiary/aromatic N) is 2. The lowest BCUT2D eigenvalue weighted by Crippen LogP contribution is -2.52. The number of aliphatic hydroxyl groups excluding tert-OH is 2. The Morgan fingerprint density at radius 1 is 1.24 bits per heavy atom. The van der Waals surface area contributed by atoms with Crippen LogP contribution in [0, 0.1) is 5.92 Å². The van der Waals surface area contributed by atoms with E-state index in [4.69, 9.17) is 4.74 Å². The van der Waals surface area contributed by atoms with E-state index in [0.717, 1.165) is 40.9 Å². The zero-order valence-corrected chi connectivity index (χ0v) is 19.4. The average Bonchev–Trinajstić information content (AvgIpc) is 2.87. The number of carbonyl (C=O) groups is 1. The highest BCUT2D eigenvalue weighted by Gasteiger charge is 2.30. The van der Waals surface area contributed by atoms with E-state index in [9.17, 15) is 15.0 Å². The number of piperidine rings is 1. The summed E-state index contributed by atoms with van der Waals surface area (Å²) in [7, 11) is 1.62. The Morgan fingerprint density at radius 2 is 2.06 bits per heavy atom. The van der Waals surface area contributed by atoms with Gasteiger partial charge in [0.05, 0.1) is 25.3 Å². The van der Waals surface area contributed by atoms with E-state index in [1.165, 1.54) is 0 Å². The van der Waals surface area contributed by atoms with Gasteiger partial charge in [-0.1, -0.05) is 18.2 Å². The Labute approximate surface area is 199 Å². The van der Waals surface area contributed by atoms with Gasteiger partial charge in [-0.15, -0.1) is 0 Å². The molecule has 8 heteroatoms. The van der Waals surface area contributed by atoms with Crippen molar-refractivity contribution in [2.75, 3.05) is 45.2 Å². The summed E-state index contributed by atoms with van der Waals surface area (Å²) in [5.41, 5.74) is 2.38. The molecule has 2 aromatic carbocycles. The summed E-state index contributed by atoms with van der Waals surface area (Å²) in [6, 6.07) is 16.9. The van der Waals surface area contributed by atoms with Crippen LogP contribution in [-0.2, 0) is 4.79 Å². The first kappa shape index (κ1) is 24.1. The molecule has 1 aliphatic heterocycles. The van der Waals surface area contributed by atoms with Gasteiger partial charge < -0.3 is 25.6 Å². The van der Waals surface area contributed by atoms with Crippen LogP contribution in [0.4, 0.5) is 5.69 Å². The highest BCUT2D eigenvalue weighted by Crippen LogP contribution is 2.28. The number of benzene rings is 2. The number of fused-ring (bicyclic) bond motifs is 1. The van der Waals surface area contributed by atoms with Crippen LogP contribution >= 0.6 is 0 Å². The molecule has 0 saturated carbocycles. The Hall–Kier alpha value is -3.04. The zero-order valence-electron chi connectivity index (χ0n) is 19.4. The van der Waals surface area contributed by atoms with Crippen LogP contribution in [0.15, 0.2) is 60.8 Å². The van der Waals surface area contributed by atoms with E-state index in [1.54, 1.807) is 13.3 Å². The molecule has 1 saturated heterocycles. The van der Waals surface area contributed by atoms with Crippen molar-refractivity contribution in [3.63, 3.8) is 0 Å². The standard InChI is InChI=1S/C26H32N4O4/c1-34-20-7-8-24-22(13-20)21(9-11-27-24)25(32)16-30-12-10-23(18(15-30)17-31)28-14-26(33)29-19-5-3-2-4-6-19/h2-9,11,13,18,23,25,28,31-32H,10,12,14-17H2,1H3,(H,29,33)/t18?,23?,25-/m0/s1. The number of amides is 1. The number of methoxy groups -OCH3 is 1. The fourth-order valence-electron chi connectivity index (χ4n) is 4.58. The Morgan fingerprint density at radius 3 is 2.82 bits per heavy atom. The van der Waals surface area contributed by atoms with Gasteiger partial charge in [0.1, 0.15) is 5.75 Å². The van der Waals surface area contributed by atoms with Crippen molar-refractivity contribution in [2.45, 2.75) is 18.6 Å². The van der Waals surface area contributed by atoms with Gasteiger partial charge in [-0.25, -0.2) is 0 Å². The molecule has 0 spiro atoms. The molecular formula is C26H32N4O4. The maximum Gasteiger partial charge on any atom is 0.238 e. The predicted octanol–water partition coefficient (Wildman–Crippen LogP) is 2.19. The SMILES string of the molecule is COc1ccc2nccc([C@@H](O)CN3CCC(NCC(=O)Nc4ccccc4)C(CO)C3)c2c1. The smallest absolute Gasteiger partial charge is 0.238 e. The minimum absolute atomic E-state index is 0.0138. The van der Waals surface area contributed by atoms with Gasteiger partial charge in [-0.2, -0.15) is 0 Å².